The SMILES string of the molecule is CC(=O)Nc1ccc(NC(=O)CC(=O)N2CCN(C=O)CC2)cc1. The molecule has 1 heterocycles. The highest BCUT2D eigenvalue weighted by Crippen LogP contribution is 2.14. The molecule has 1 aliphatic rings. The standard InChI is InChI=1S/C16H20N4O4/c1-12(22)17-13-2-4-14(5-3-13)18-15(23)10-16(24)20-8-6-19(11-21)7-9-20/h2-5,11H,6-10H2,1H3,(H,17,22)(H,18,23). The molecule has 0 unspecified atom stereocenters. The largest absolute Gasteiger partial charge is 0.342 e. The Hall–Kier alpha value is -2.90. The van der Waals surface area contributed by atoms with Crippen LogP contribution >= 0.6 is 0 Å². The summed E-state index contributed by atoms with van der Waals surface area (Å²) in [7, 11) is 0. The molecule has 0 saturated carbocycles. The van der Waals surface area contributed by atoms with Crippen molar-refractivity contribution in [3.8, 4) is 0 Å². The predicted molar refractivity (Wildman–Crippen MR) is 88.2 cm³/mol. The van der Waals surface area contributed by atoms with E-state index in [1.165, 1.54) is 6.92 Å². The number of hydrogen-bond donors (Lipinski definition) is 2. The second-order valence-corrected chi connectivity index (χ2v) is 5.51. The molecule has 24 heavy (non-hydrogen) atoms. The van der Waals surface area contributed by atoms with Gasteiger partial charge in [-0.3, -0.25) is 19.2 Å². The van der Waals surface area contributed by atoms with Crippen LogP contribution in [-0.4, -0.2) is 60.1 Å². The number of piperazine rings is 1. The van der Waals surface area contributed by atoms with Crippen LogP contribution < -0.4 is 10.6 Å². The van der Waals surface area contributed by atoms with E-state index in [2.05, 4.69) is 10.6 Å². The molecular weight excluding hydrogens is 312 g/mol. The molecule has 0 bridgehead atoms. The van der Waals surface area contributed by atoms with E-state index in [0.29, 0.717) is 37.6 Å². The molecule has 0 spiro atoms. The van der Waals surface area contributed by atoms with Crippen LogP contribution in [0.5, 0.6) is 0 Å². The molecule has 1 saturated heterocycles. The summed E-state index contributed by atoms with van der Waals surface area (Å²) in [6.07, 6.45) is 0.522. The van der Waals surface area contributed by atoms with Gasteiger partial charge in [0.05, 0.1) is 0 Å². The fraction of sp³-hybridized carbons (Fsp3) is 0.375. The lowest BCUT2D eigenvalue weighted by Gasteiger charge is -2.32. The molecule has 1 fully saturated rings. The molecule has 0 aromatic heterocycles. The molecule has 128 valence electrons. The lowest BCUT2D eigenvalue weighted by molar-refractivity contribution is -0.137. The van der Waals surface area contributed by atoms with Crippen molar-refractivity contribution in [3.63, 3.8) is 0 Å². The molecule has 2 rings (SSSR count). The summed E-state index contributed by atoms with van der Waals surface area (Å²) in [6.45, 7) is 3.27. The Balaban J connectivity index is 1.81. The molecule has 1 aromatic rings. The average molecular weight is 332 g/mol. The topological polar surface area (TPSA) is 98.8 Å². The molecule has 0 aliphatic carbocycles. The highest BCUT2D eigenvalue weighted by atomic mass is 16.2. The maximum Gasteiger partial charge on any atom is 0.233 e. The highest BCUT2D eigenvalue weighted by molar-refractivity contribution is 6.03. The number of carbonyl (C=O) groups excluding carboxylic acids is 4. The van der Waals surface area contributed by atoms with Crippen LogP contribution in [0.1, 0.15) is 13.3 Å². The van der Waals surface area contributed by atoms with E-state index in [1.807, 2.05) is 0 Å². The number of nitrogens with one attached hydrogen (secondary N) is 2. The normalized spacial score (nSPS) is 14.0. The third kappa shape index (κ3) is 5.08. The maximum atomic E-state index is 12.1. The Kier molecular flexibility index (Phi) is 5.89. The number of carbonyl (C=O) groups is 4. The Morgan fingerprint density at radius 2 is 1.54 bits per heavy atom. The van der Waals surface area contributed by atoms with Crippen LogP contribution in [0, 0.1) is 0 Å². The average Bonchev–Trinajstić information content (AvgIpc) is 2.56. The number of benzene rings is 1. The van der Waals surface area contributed by atoms with E-state index in [4.69, 9.17) is 0 Å². The highest BCUT2D eigenvalue weighted by Gasteiger charge is 2.22. The zero-order valence-corrected chi connectivity index (χ0v) is 13.4. The van der Waals surface area contributed by atoms with Crippen molar-refractivity contribution in [2.24, 2.45) is 0 Å². The number of amides is 4. The van der Waals surface area contributed by atoms with Crippen molar-refractivity contribution in [1.29, 1.82) is 0 Å². The molecule has 1 aliphatic heterocycles. The van der Waals surface area contributed by atoms with Crippen LogP contribution in [0.2, 0.25) is 0 Å². The zero-order valence-electron chi connectivity index (χ0n) is 13.4. The van der Waals surface area contributed by atoms with Crippen molar-refractivity contribution in [2.45, 2.75) is 13.3 Å². The van der Waals surface area contributed by atoms with Gasteiger partial charge < -0.3 is 20.4 Å². The van der Waals surface area contributed by atoms with Gasteiger partial charge in [-0.15, -0.1) is 0 Å². The molecule has 2 N–H and O–H groups in total. The van der Waals surface area contributed by atoms with Gasteiger partial charge >= 0.3 is 0 Å². The summed E-state index contributed by atoms with van der Waals surface area (Å²) in [5.74, 6) is -0.829. The van der Waals surface area contributed by atoms with Crippen molar-refractivity contribution in [3.05, 3.63) is 24.3 Å². The Morgan fingerprint density at radius 3 is 2.04 bits per heavy atom. The van der Waals surface area contributed by atoms with Crippen LogP contribution in [0.15, 0.2) is 24.3 Å². The smallest absolute Gasteiger partial charge is 0.233 e. The molecule has 4 amide bonds. The molecule has 0 atom stereocenters. The molecule has 8 heteroatoms. The lowest BCUT2D eigenvalue weighted by Crippen LogP contribution is -2.48. The van der Waals surface area contributed by atoms with Gasteiger partial charge in [0.1, 0.15) is 6.42 Å². The molecule has 1 aromatic carbocycles. The predicted octanol–water partition coefficient (Wildman–Crippen LogP) is 0.274. The number of rotatable bonds is 5. The molecular formula is C16H20N4O4. The summed E-state index contributed by atoms with van der Waals surface area (Å²) in [4.78, 5) is 48.8. The van der Waals surface area contributed by atoms with Crippen molar-refractivity contribution < 1.29 is 19.2 Å². The van der Waals surface area contributed by atoms with Crippen LogP contribution in [0.4, 0.5) is 11.4 Å². The maximum absolute atomic E-state index is 12.1. The minimum Gasteiger partial charge on any atom is -0.342 e. The van der Waals surface area contributed by atoms with Gasteiger partial charge in [0.25, 0.3) is 0 Å². The van der Waals surface area contributed by atoms with Gasteiger partial charge in [-0.2, -0.15) is 0 Å². The first-order valence-electron chi connectivity index (χ1n) is 7.62. The van der Waals surface area contributed by atoms with Crippen molar-refractivity contribution in [1.82, 2.24) is 9.80 Å². The third-order valence-corrected chi connectivity index (χ3v) is 3.62. The fourth-order valence-corrected chi connectivity index (χ4v) is 2.37. The monoisotopic (exact) mass is 332 g/mol. The van der Waals surface area contributed by atoms with Crippen molar-refractivity contribution >= 4 is 35.5 Å². The van der Waals surface area contributed by atoms with Gasteiger partial charge in [0.2, 0.25) is 24.1 Å². The lowest BCUT2D eigenvalue weighted by atomic mass is 10.2. The first kappa shape index (κ1) is 17.5. The number of anilines is 2. The second-order valence-electron chi connectivity index (χ2n) is 5.51. The summed E-state index contributed by atoms with van der Waals surface area (Å²) < 4.78 is 0. The number of nitrogens with zero attached hydrogens (tertiary/aromatic N) is 2. The van der Waals surface area contributed by atoms with E-state index >= 15 is 0 Å². The van der Waals surface area contributed by atoms with Gasteiger partial charge in [0.15, 0.2) is 0 Å². The quantitative estimate of drug-likeness (QED) is 0.597. The van der Waals surface area contributed by atoms with E-state index in [9.17, 15) is 19.2 Å². The number of hydrogen-bond acceptors (Lipinski definition) is 4. The van der Waals surface area contributed by atoms with Gasteiger partial charge in [-0.25, -0.2) is 0 Å². The van der Waals surface area contributed by atoms with E-state index in [0.717, 1.165) is 6.41 Å². The second kappa shape index (κ2) is 8.09. The van der Waals surface area contributed by atoms with E-state index < -0.39 is 5.91 Å². The Labute approximate surface area is 139 Å². The van der Waals surface area contributed by atoms with Gasteiger partial charge in [0, 0.05) is 44.5 Å². The zero-order chi connectivity index (χ0) is 17.5. The first-order valence-corrected chi connectivity index (χ1v) is 7.62. The summed E-state index contributed by atoms with van der Waals surface area (Å²) >= 11 is 0. The third-order valence-electron chi connectivity index (χ3n) is 3.62. The van der Waals surface area contributed by atoms with Crippen molar-refractivity contribution in [2.75, 3.05) is 36.8 Å². The Bertz CT molecular complexity index is 621. The van der Waals surface area contributed by atoms with E-state index in [1.54, 1.807) is 34.1 Å². The van der Waals surface area contributed by atoms with E-state index in [-0.39, 0.29) is 18.2 Å². The van der Waals surface area contributed by atoms with Crippen LogP contribution in [-0.2, 0) is 19.2 Å². The van der Waals surface area contributed by atoms with Gasteiger partial charge in [-0.05, 0) is 24.3 Å². The van der Waals surface area contributed by atoms with Crippen LogP contribution in [0.3, 0.4) is 0 Å². The Morgan fingerprint density at radius 1 is 1.00 bits per heavy atom. The fourth-order valence-electron chi connectivity index (χ4n) is 2.37. The first-order chi connectivity index (χ1) is 11.5. The summed E-state index contributed by atoms with van der Waals surface area (Å²) in [5, 5.41) is 5.27. The molecule has 0 radical (unpaired) electrons. The van der Waals surface area contributed by atoms with Crippen LogP contribution in [0.25, 0.3) is 0 Å². The summed E-state index contributed by atoms with van der Waals surface area (Å²) in [6, 6.07) is 6.63. The summed E-state index contributed by atoms with van der Waals surface area (Å²) in [5.41, 5.74) is 1.18. The van der Waals surface area contributed by atoms with Gasteiger partial charge in [-0.1, -0.05) is 0 Å². The minimum absolute atomic E-state index is 0.174. The minimum atomic E-state index is -0.398. The molecule has 8 nitrogen and oxygen atoms in total.